The highest BCUT2D eigenvalue weighted by Crippen LogP contribution is 2.33. The summed E-state index contributed by atoms with van der Waals surface area (Å²) in [6.45, 7) is 0.761. The molecule has 0 N–H and O–H groups in total. The molecule has 1 aliphatic heterocycles. The Morgan fingerprint density at radius 1 is 1.13 bits per heavy atom. The second-order valence-electron chi connectivity index (χ2n) is 6.98. The zero-order valence-corrected chi connectivity index (χ0v) is 17.3. The van der Waals surface area contributed by atoms with Gasteiger partial charge in [0.2, 0.25) is 10.0 Å². The second-order valence-corrected chi connectivity index (χ2v) is 8.88. The number of benzene rings is 2. The number of non-ortho nitro benzene ring substituents is 1. The molecule has 8 nitrogen and oxygen atoms in total. The SMILES string of the molecule is CN(Cc1ccc(C(F)(F)F)cc1)c1ccc([N+](=O)[O-])cc1S(=O)(=O)N1CCOCC1. The van der Waals surface area contributed by atoms with Crippen LogP contribution < -0.4 is 4.90 Å². The first kappa shape index (κ1) is 23.0. The largest absolute Gasteiger partial charge is 0.416 e. The number of hydrogen-bond acceptors (Lipinski definition) is 6. The predicted octanol–water partition coefficient (Wildman–Crippen LogP) is 3.27. The van der Waals surface area contributed by atoms with E-state index in [4.69, 9.17) is 4.74 Å². The quantitative estimate of drug-likeness (QED) is 0.486. The van der Waals surface area contributed by atoms with E-state index in [0.717, 1.165) is 18.2 Å². The summed E-state index contributed by atoms with van der Waals surface area (Å²) in [5.41, 5.74) is -0.441. The van der Waals surface area contributed by atoms with Crippen molar-refractivity contribution in [1.82, 2.24) is 4.31 Å². The number of nitro benzene ring substituents is 1. The summed E-state index contributed by atoms with van der Waals surface area (Å²) in [5, 5.41) is 11.2. The summed E-state index contributed by atoms with van der Waals surface area (Å²) in [6.07, 6.45) is -4.46. The first-order valence-electron chi connectivity index (χ1n) is 9.24. The highest BCUT2D eigenvalue weighted by Gasteiger charge is 2.32. The van der Waals surface area contributed by atoms with Crippen molar-refractivity contribution in [3.05, 3.63) is 63.7 Å². The molecule has 0 atom stereocenters. The lowest BCUT2D eigenvalue weighted by Crippen LogP contribution is -2.41. The molecule has 0 unspecified atom stereocenters. The molecule has 1 fully saturated rings. The van der Waals surface area contributed by atoms with Crippen molar-refractivity contribution >= 4 is 21.4 Å². The van der Waals surface area contributed by atoms with E-state index < -0.39 is 26.7 Å². The van der Waals surface area contributed by atoms with E-state index in [2.05, 4.69) is 0 Å². The van der Waals surface area contributed by atoms with Crippen molar-refractivity contribution in [2.24, 2.45) is 0 Å². The standard InChI is InChI=1S/C19H20F3N3O5S/c1-23(13-14-2-4-15(5-3-14)19(20,21)22)17-7-6-16(25(26)27)12-18(17)31(28,29)24-8-10-30-11-9-24/h2-7,12H,8-11,13H2,1H3. The van der Waals surface area contributed by atoms with Gasteiger partial charge < -0.3 is 9.64 Å². The van der Waals surface area contributed by atoms with Crippen LogP contribution in [0.25, 0.3) is 0 Å². The van der Waals surface area contributed by atoms with Crippen molar-refractivity contribution in [2.75, 3.05) is 38.3 Å². The van der Waals surface area contributed by atoms with Gasteiger partial charge in [-0.3, -0.25) is 10.1 Å². The van der Waals surface area contributed by atoms with Gasteiger partial charge in [-0.25, -0.2) is 8.42 Å². The Morgan fingerprint density at radius 2 is 1.74 bits per heavy atom. The number of ether oxygens (including phenoxy) is 1. The Labute approximate surface area is 177 Å². The summed E-state index contributed by atoms with van der Waals surface area (Å²) in [5.74, 6) is 0. The van der Waals surface area contributed by atoms with Gasteiger partial charge in [0.15, 0.2) is 0 Å². The Bertz CT molecular complexity index is 1050. The zero-order valence-electron chi connectivity index (χ0n) is 16.5. The summed E-state index contributed by atoms with van der Waals surface area (Å²) >= 11 is 0. The molecule has 3 rings (SSSR count). The number of sulfonamides is 1. The van der Waals surface area contributed by atoms with Gasteiger partial charge >= 0.3 is 6.18 Å². The third kappa shape index (κ3) is 5.14. The number of nitrogens with zero attached hydrogens (tertiary/aromatic N) is 3. The van der Waals surface area contributed by atoms with Crippen LogP contribution in [0, 0.1) is 10.1 Å². The molecule has 1 aliphatic rings. The zero-order chi connectivity index (χ0) is 22.8. The minimum absolute atomic E-state index is 0.0988. The van der Waals surface area contributed by atoms with Gasteiger partial charge in [0.05, 0.1) is 29.4 Å². The topological polar surface area (TPSA) is 93.0 Å². The third-order valence-electron chi connectivity index (χ3n) is 4.85. The van der Waals surface area contributed by atoms with Crippen molar-refractivity contribution in [3.8, 4) is 0 Å². The normalized spacial score (nSPS) is 15.6. The highest BCUT2D eigenvalue weighted by atomic mass is 32.2. The maximum atomic E-state index is 13.2. The molecule has 1 heterocycles. The molecule has 12 heteroatoms. The summed E-state index contributed by atoms with van der Waals surface area (Å²) in [7, 11) is -2.49. The molecule has 0 saturated carbocycles. The van der Waals surface area contributed by atoms with E-state index >= 15 is 0 Å². The summed E-state index contributed by atoms with van der Waals surface area (Å²) in [4.78, 5) is 11.8. The Morgan fingerprint density at radius 3 is 2.29 bits per heavy atom. The van der Waals surface area contributed by atoms with Crippen LogP contribution >= 0.6 is 0 Å². The van der Waals surface area contributed by atoms with Crippen molar-refractivity contribution in [1.29, 1.82) is 0 Å². The number of rotatable bonds is 6. The number of hydrogen-bond donors (Lipinski definition) is 0. The summed E-state index contributed by atoms with van der Waals surface area (Å²) < 4.78 is 71.1. The van der Waals surface area contributed by atoms with Gasteiger partial charge in [0.1, 0.15) is 4.90 Å². The maximum absolute atomic E-state index is 13.2. The lowest BCUT2D eigenvalue weighted by molar-refractivity contribution is -0.385. The molecule has 168 valence electrons. The second kappa shape index (κ2) is 8.81. The van der Waals surface area contributed by atoms with Gasteiger partial charge in [0.25, 0.3) is 5.69 Å². The van der Waals surface area contributed by atoms with Gasteiger partial charge in [-0.05, 0) is 23.8 Å². The molecule has 0 aromatic heterocycles. The molecule has 1 saturated heterocycles. The minimum Gasteiger partial charge on any atom is -0.379 e. The average molecular weight is 459 g/mol. The molecule has 0 amide bonds. The number of alkyl halides is 3. The average Bonchev–Trinajstić information content (AvgIpc) is 2.73. The van der Waals surface area contributed by atoms with Crippen molar-refractivity contribution in [2.45, 2.75) is 17.6 Å². The van der Waals surface area contributed by atoms with Crippen molar-refractivity contribution < 1.29 is 31.2 Å². The lowest BCUT2D eigenvalue weighted by atomic mass is 10.1. The van der Waals surface area contributed by atoms with E-state index in [1.807, 2.05) is 0 Å². The molecule has 2 aromatic rings. The van der Waals surface area contributed by atoms with Crippen LogP contribution in [-0.2, 0) is 27.5 Å². The van der Waals surface area contributed by atoms with Gasteiger partial charge in [-0.2, -0.15) is 17.5 Å². The van der Waals surface area contributed by atoms with Gasteiger partial charge in [-0.15, -0.1) is 0 Å². The van der Waals surface area contributed by atoms with E-state index in [-0.39, 0.29) is 49.1 Å². The lowest BCUT2D eigenvalue weighted by Gasteiger charge is -2.29. The van der Waals surface area contributed by atoms with Crippen LogP contribution in [-0.4, -0.2) is 51.0 Å². The first-order valence-corrected chi connectivity index (χ1v) is 10.7. The molecular formula is C19H20F3N3O5S. The fraction of sp³-hybridized carbons (Fsp3) is 0.368. The fourth-order valence-electron chi connectivity index (χ4n) is 3.22. The van der Waals surface area contributed by atoms with E-state index in [1.54, 1.807) is 7.05 Å². The molecule has 0 aliphatic carbocycles. The van der Waals surface area contributed by atoms with Gasteiger partial charge in [-0.1, -0.05) is 12.1 Å². The summed E-state index contributed by atoms with van der Waals surface area (Å²) in [6, 6.07) is 8.03. The van der Waals surface area contributed by atoms with Crippen molar-refractivity contribution in [3.63, 3.8) is 0 Å². The third-order valence-corrected chi connectivity index (χ3v) is 6.78. The molecule has 31 heavy (non-hydrogen) atoms. The maximum Gasteiger partial charge on any atom is 0.416 e. The number of halogens is 3. The molecular weight excluding hydrogens is 439 g/mol. The van der Waals surface area contributed by atoms with Gasteiger partial charge in [0, 0.05) is 38.8 Å². The number of anilines is 1. The molecule has 0 spiro atoms. The van der Waals surface area contributed by atoms with E-state index in [9.17, 15) is 31.7 Å². The van der Waals surface area contributed by atoms with E-state index in [0.29, 0.717) is 5.56 Å². The van der Waals surface area contributed by atoms with Crippen LogP contribution in [0.4, 0.5) is 24.5 Å². The number of nitro groups is 1. The molecule has 0 bridgehead atoms. The minimum atomic E-state index is -4.46. The number of morpholine rings is 1. The monoisotopic (exact) mass is 459 g/mol. The van der Waals surface area contributed by atoms with Crippen LogP contribution in [0.3, 0.4) is 0 Å². The molecule has 2 aromatic carbocycles. The smallest absolute Gasteiger partial charge is 0.379 e. The Kier molecular flexibility index (Phi) is 6.53. The Balaban J connectivity index is 1.95. The highest BCUT2D eigenvalue weighted by molar-refractivity contribution is 7.89. The van der Waals surface area contributed by atoms with Crippen LogP contribution in [0.1, 0.15) is 11.1 Å². The fourth-order valence-corrected chi connectivity index (χ4v) is 4.89. The van der Waals surface area contributed by atoms with Crippen LogP contribution in [0.2, 0.25) is 0 Å². The Hall–Kier alpha value is -2.70. The molecule has 0 radical (unpaired) electrons. The van der Waals surface area contributed by atoms with E-state index in [1.165, 1.54) is 33.5 Å². The predicted molar refractivity (Wildman–Crippen MR) is 106 cm³/mol. The first-order chi connectivity index (χ1) is 14.5. The van der Waals surface area contributed by atoms with Crippen LogP contribution in [0.15, 0.2) is 47.4 Å². The van der Waals surface area contributed by atoms with Crippen LogP contribution in [0.5, 0.6) is 0 Å².